The van der Waals surface area contributed by atoms with Crippen molar-refractivity contribution in [3.05, 3.63) is 47.0 Å². The number of hydrogen-bond acceptors (Lipinski definition) is 2. The van der Waals surface area contributed by atoms with Crippen LogP contribution in [0.2, 0.25) is 0 Å². The molecule has 2 N–H and O–H groups in total. The van der Waals surface area contributed by atoms with Crippen LogP contribution in [0.5, 0.6) is 0 Å². The molecule has 92 valence electrons. The molecule has 0 fully saturated rings. The van der Waals surface area contributed by atoms with E-state index in [0.717, 1.165) is 18.2 Å². The Bertz CT molecular complexity index is 609. The van der Waals surface area contributed by atoms with E-state index in [2.05, 4.69) is 11.4 Å². The maximum absolute atomic E-state index is 12.0. The van der Waals surface area contributed by atoms with Crippen molar-refractivity contribution in [1.29, 1.82) is 0 Å². The lowest BCUT2D eigenvalue weighted by molar-refractivity contribution is 0.0946. The summed E-state index contributed by atoms with van der Waals surface area (Å²) in [6.07, 6.45) is 2.13. The number of carbonyl (C=O) groups excluding carboxylic acids is 1. The van der Waals surface area contributed by atoms with Crippen molar-refractivity contribution in [3.63, 3.8) is 0 Å². The third-order valence-electron chi connectivity index (χ3n) is 3.52. The van der Waals surface area contributed by atoms with Gasteiger partial charge < -0.3 is 10.4 Å². The minimum absolute atomic E-state index is 0.0347. The number of aliphatic hydroxyl groups excluding tert-OH is 1. The predicted octanol–water partition coefficient (Wildman–Crippen LogP) is 1.66. The zero-order valence-corrected chi connectivity index (χ0v) is 10.1. The SMILES string of the molecule is O=C(NCCO)c1ccc2c3c(cccc13)CC2. The molecule has 18 heavy (non-hydrogen) atoms. The van der Waals surface area contributed by atoms with Gasteiger partial charge >= 0.3 is 0 Å². The minimum atomic E-state index is -0.111. The maximum Gasteiger partial charge on any atom is 0.251 e. The zero-order chi connectivity index (χ0) is 12.5. The molecule has 0 radical (unpaired) electrons. The summed E-state index contributed by atoms with van der Waals surface area (Å²) >= 11 is 0. The van der Waals surface area contributed by atoms with Crippen LogP contribution in [0.1, 0.15) is 21.5 Å². The van der Waals surface area contributed by atoms with E-state index in [4.69, 9.17) is 5.11 Å². The number of aryl methyl sites for hydroxylation is 2. The number of amides is 1. The van der Waals surface area contributed by atoms with Gasteiger partial charge in [0.1, 0.15) is 0 Å². The first kappa shape index (κ1) is 11.2. The number of aliphatic hydroxyl groups is 1. The van der Waals surface area contributed by atoms with Gasteiger partial charge in [-0.05, 0) is 40.8 Å². The van der Waals surface area contributed by atoms with Crippen LogP contribution in [0.3, 0.4) is 0 Å². The summed E-state index contributed by atoms with van der Waals surface area (Å²) in [5.41, 5.74) is 3.37. The number of hydrogen-bond donors (Lipinski definition) is 2. The molecular formula is C15H15NO2. The van der Waals surface area contributed by atoms with Crippen LogP contribution in [-0.4, -0.2) is 24.2 Å². The molecular weight excluding hydrogens is 226 g/mol. The van der Waals surface area contributed by atoms with Gasteiger partial charge in [-0.3, -0.25) is 4.79 Å². The van der Waals surface area contributed by atoms with Crippen molar-refractivity contribution in [2.75, 3.05) is 13.2 Å². The Morgan fingerprint density at radius 3 is 2.72 bits per heavy atom. The summed E-state index contributed by atoms with van der Waals surface area (Å²) in [6, 6.07) is 10.1. The quantitative estimate of drug-likeness (QED) is 0.858. The molecule has 1 aliphatic rings. The number of benzene rings is 2. The first-order chi connectivity index (χ1) is 8.81. The summed E-state index contributed by atoms with van der Waals surface area (Å²) in [5.74, 6) is -0.111. The van der Waals surface area contributed by atoms with Gasteiger partial charge in [-0.2, -0.15) is 0 Å². The van der Waals surface area contributed by atoms with Crippen LogP contribution in [0.4, 0.5) is 0 Å². The standard InChI is InChI=1S/C15H15NO2/c17-9-8-16-15(18)13-7-6-11-5-4-10-2-1-3-12(13)14(10)11/h1-3,6-7,17H,4-5,8-9H2,(H,16,18). The topological polar surface area (TPSA) is 49.3 Å². The van der Waals surface area contributed by atoms with Crippen LogP contribution in [-0.2, 0) is 12.8 Å². The lowest BCUT2D eigenvalue weighted by Crippen LogP contribution is -2.26. The van der Waals surface area contributed by atoms with E-state index in [-0.39, 0.29) is 12.5 Å². The molecule has 3 nitrogen and oxygen atoms in total. The molecule has 0 unspecified atom stereocenters. The monoisotopic (exact) mass is 241 g/mol. The Morgan fingerprint density at radius 2 is 1.94 bits per heavy atom. The smallest absolute Gasteiger partial charge is 0.251 e. The van der Waals surface area contributed by atoms with Crippen LogP contribution in [0.25, 0.3) is 10.8 Å². The van der Waals surface area contributed by atoms with Gasteiger partial charge in [0.05, 0.1) is 6.61 Å². The van der Waals surface area contributed by atoms with Crippen molar-refractivity contribution in [3.8, 4) is 0 Å². The van der Waals surface area contributed by atoms with Crippen molar-refractivity contribution in [2.45, 2.75) is 12.8 Å². The average molecular weight is 241 g/mol. The summed E-state index contributed by atoms with van der Waals surface area (Å²) in [7, 11) is 0. The van der Waals surface area contributed by atoms with Gasteiger partial charge in [-0.25, -0.2) is 0 Å². The highest BCUT2D eigenvalue weighted by Crippen LogP contribution is 2.32. The van der Waals surface area contributed by atoms with E-state index < -0.39 is 0 Å². The summed E-state index contributed by atoms with van der Waals surface area (Å²) < 4.78 is 0. The Labute approximate surface area is 105 Å². The maximum atomic E-state index is 12.0. The lowest BCUT2D eigenvalue weighted by Gasteiger charge is -2.09. The fraction of sp³-hybridized carbons (Fsp3) is 0.267. The van der Waals surface area contributed by atoms with E-state index in [1.54, 1.807) is 0 Å². The lowest BCUT2D eigenvalue weighted by atomic mass is 9.99. The zero-order valence-electron chi connectivity index (χ0n) is 10.1. The predicted molar refractivity (Wildman–Crippen MR) is 70.8 cm³/mol. The third kappa shape index (κ3) is 1.68. The first-order valence-corrected chi connectivity index (χ1v) is 6.24. The van der Waals surface area contributed by atoms with Gasteiger partial charge in [0, 0.05) is 12.1 Å². The van der Waals surface area contributed by atoms with Crippen molar-refractivity contribution < 1.29 is 9.90 Å². The molecule has 2 aromatic carbocycles. The summed E-state index contributed by atoms with van der Waals surface area (Å²) in [4.78, 5) is 12.0. The Balaban J connectivity index is 2.12. The Hall–Kier alpha value is -1.87. The Morgan fingerprint density at radius 1 is 1.17 bits per heavy atom. The second-order valence-corrected chi connectivity index (χ2v) is 4.59. The van der Waals surface area contributed by atoms with Crippen LogP contribution in [0.15, 0.2) is 30.3 Å². The van der Waals surface area contributed by atoms with Gasteiger partial charge in [0.15, 0.2) is 0 Å². The van der Waals surface area contributed by atoms with E-state index in [0.29, 0.717) is 12.1 Å². The third-order valence-corrected chi connectivity index (χ3v) is 3.52. The fourth-order valence-corrected chi connectivity index (χ4v) is 2.71. The molecule has 0 bridgehead atoms. The normalized spacial score (nSPS) is 12.9. The molecule has 0 saturated heterocycles. The minimum Gasteiger partial charge on any atom is -0.395 e. The molecule has 1 amide bonds. The number of rotatable bonds is 3. The number of nitrogens with one attached hydrogen (secondary N) is 1. The first-order valence-electron chi connectivity index (χ1n) is 6.24. The molecule has 2 aromatic rings. The largest absolute Gasteiger partial charge is 0.395 e. The van der Waals surface area contributed by atoms with Crippen molar-refractivity contribution >= 4 is 16.7 Å². The van der Waals surface area contributed by atoms with Gasteiger partial charge in [0.2, 0.25) is 0 Å². The van der Waals surface area contributed by atoms with Gasteiger partial charge in [-0.1, -0.05) is 24.3 Å². The number of carbonyl (C=O) groups is 1. The van der Waals surface area contributed by atoms with Crippen LogP contribution in [0, 0.1) is 0 Å². The van der Waals surface area contributed by atoms with Crippen molar-refractivity contribution in [2.24, 2.45) is 0 Å². The second-order valence-electron chi connectivity index (χ2n) is 4.59. The average Bonchev–Trinajstić information content (AvgIpc) is 2.82. The molecule has 0 saturated carbocycles. The van der Waals surface area contributed by atoms with Crippen LogP contribution < -0.4 is 5.32 Å². The molecule has 3 rings (SSSR count). The molecule has 0 aliphatic heterocycles. The molecule has 0 heterocycles. The highest BCUT2D eigenvalue weighted by molar-refractivity contribution is 6.09. The van der Waals surface area contributed by atoms with Crippen molar-refractivity contribution in [1.82, 2.24) is 5.32 Å². The van der Waals surface area contributed by atoms with Gasteiger partial charge in [-0.15, -0.1) is 0 Å². The van der Waals surface area contributed by atoms with Gasteiger partial charge in [0.25, 0.3) is 5.91 Å². The fourth-order valence-electron chi connectivity index (χ4n) is 2.71. The van der Waals surface area contributed by atoms with Crippen LogP contribution >= 0.6 is 0 Å². The molecule has 3 heteroatoms. The van der Waals surface area contributed by atoms with E-state index >= 15 is 0 Å². The van der Waals surface area contributed by atoms with E-state index in [1.165, 1.54) is 16.5 Å². The highest BCUT2D eigenvalue weighted by atomic mass is 16.3. The highest BCUT2D eigenvalue weighted by Gasteiger charge is 2.18. The summed E-state index contributed by atoms with van der Waals surface area (Å²) in [6.45, 7) is 0.259. The van der Waals surface area contributed by atoms with E-state index in [1.807, 2.05) is 24.3 Å². The molecule has 0 spiro atoms. The molecule has 0 aromatic heterocycles. The second kappa shape index (κ2) is 4.42. The summed E-state index contributed by atoms with van der Waals surface area (Å²) in [5, 5.41) is 13.7. The molecule has 0 atom stereocenters. The Kier molecular flexibility index (Phi) is 2.76. The van der Waals surface area contributed by atoms with E-state index in [9.17, 15) is 4.79 Å². The molecule has 1 aliphatic carbocycles.